The van der Waals surface area contributed by atoms with Crippen molar-refractivity contribution in [2.75, 3.05) is 10.9 Å². The molecule has 0 heterocycles. The highest BCUT2D eigenvalue weighted by Gasteiger charge is 2.70. The van der Waals surface area contributed by atoms with Crippen molar-refractivity contribution in [1.29, 1.82) is 0 Å². The standard InChI is InChI=1S/C42H58N4/c1-29(2)32-20-25-42(28-43-44-30-14-10-8-11-15-30)27-26-40(6)33(37(32)42)18-19-35-39(5)23-22-36(46-45-31-16-12-9-13-17-31)38(3,4)34(39)21-24-41(35,40)7/h8-17,28,32-35,37,44-45H,1,18-27H2,2-7H3/b43-28?,46-36+/t32?,33-,34+,35-,37?,39+,40-,41-,42?/m1/s1. The first-order valence-electron chi connectivity index (χ1n) is 18.3. The second-order valence-corrected chi connectivity index (χ2v) is 17.4. The van der Waals surface area contributed by atoms with Crippen molar-refractivity contribution in [3.63, 3.8) is 0 Å². The number of fused-ring (bicyclic) bond motifs is 7. The van der Waals surface area contributed by atoms with Gasteiger partial charge in [-0.15, -0.1) is 0 Å². The van der Waals surface area contributed by atoms with Crippen molar-refractivity contribution in [3.05, 3.63) is 72.8 Å². The van der Waals surface area contributed by atoms with Crippen LogP contribution in [0.15, 0.2) is 83.0 Å². The summed E-state index contributed by atoms with van der Waals surface area (Å²) < 4.78 is 0. The van der Waals surface area contributed by atoms with Crippen molar-refractivity contribution in [2.24, 2.45) is 66.9 Å². The molecule has 4 nitrogen and oxygen atoms in total. The van der Waals surface area contributed by atoms with Gasteiger partial charge in [-0.25, -0.2) is 0 Å². The number of para-hydroxylation sites is 2. The zero-order valence-corrected chi connectivity index (χ0v) is 29.4. The third-order valence-electron chi connectivity index (χ3n) is 15.3. The summed E-state index contributed by atoms with van der Waals surface area (Å²) in [5, 5.41) is 10.0. The van der Waals surface area contributed by atoms with Gasteiger partial charge in [0.1, 0.15) is 0 Å². The number of hydrogen-bond donors (Lipinski definition) is 2. The highest BCUT2D eigenvalue weighted by Crippen LogP contribution is 2.77. The van der Waals surface area contributed by atoms with Gasteiger partial charge in [-0.2, -0.15) is 10.2 Å². The van der Waals surface area contributed by atoms with Gasteiger partial charge < -0.3 is 0 Å². The van der Waals surface area contributed by atoms with Crippen molar-refractivity contribution >= 4 is 23.3 Å². The highest BCUT2D eigenvalue weighted by atomic mass is 15.3. The van der Waals surface area contributed by atoms with Gasteiger partial charge in [0.25, 0.3) is 0 Å². The van der Waals surface area contributed by atoms with E-state index < -0.39 is 0 Å². The Kier molecular flexibility index (Phi) is 7.84. The lowest BCUT2D eigenvalue weighted by molar-refractivity contribution is -0.222. The molecule has 2 N–H and O–H groups in total. The predicted molar refractivity (Wildman–Crippen MR) is 195 cm³/mol. The minimum absolute atomic E-state index is 0.0916. The number of nitrogens with zero attached hydrogens (tertiary/aromatic N) is 2. The summed E-state index contributed by atoms with van der Waals surface area (Å²) in [5.41, 5.74) is 13.0. The Hall–Kier alpha value is -2.88. The molecule has 0 aliphatic heterocycles. The largest absolute Gasteiger partial charge is 0.279 e. The van der Waals surface area contributed by atoms with Crippen LogP contribution < -0.4 is 10.9 Å². The van der Waals surface area contributed by atoms with E-state index in [0.717, 1.165) is 29.6 Å². The number of allylic oxidation sites excluding steroid dienone is 1. The molecule has 0 saturated heterocycles. The third-order valence-corrected chi connectivity index (χ3v) is 15.3. The van der Waals surface area contributed by atoms with Crippen LogP contribution in [-0.4, -0.2) is 11.9 Å². The fourth-order valence-corrected chi connectivity index (χ4v) is 12.8. The number of rotatable bonds is 6. The van der Waals surface area contributed by atoms with Crippen LogP contribution in [0.5, 0.6) is 0 Å². The van der Waals surface area contributed by atoms with E-state index in [0.29, 0.717) is 34.0 Å². The summed E-state index contributed by atoms with van der Waals surface area (Å²) in [7, 11) is 0. The molecule has 7 rings (SSSR count). The topological polar surface area (TPSA) is 48.8 Å². The van der Waals surface area contributed by atoms with Gasteiger partial charge in [-0.05, 0) is 141 Å². The Morgan fingerprint density at radius 2 is 1.41 bits per heavy atom. The van der Waals surface area contributed by atoms with Crippen LogP contribution in [0.2, 0.25) is 0 Å². The Bertz CT molecular complexity index is 1490. The smallest absolute Gasteiger partial charge is 0.0561 e. The minimum atomic E-state index is 0.0916. The maximum Gasteiger partial charge on any atom is 0.0561 e. The molecule has 0 radical (unpaired) electrons. The Labute approximate surface area is 279 Å². The molecule has 5 saturated carbocycles. The molecule has 5 aliphatic rings. The second kappa shape index (κ2) is 11.4. The molecule has 5 aliphatic carbocycles. The summed E-state index contributed by atoms with van der Waals surface area (Å²) in [6.45, 7) is 20.1. The quantitative estimate of drug-likeness (QED) is 0.192. The third kappa shape index (κ3) is 4.74. The summed E-state index contributed by atoms with van der Waals surface area (Å²) in [6, 6.07) is 20.9. The van der Waals surface area contributed by atoms with Crippen LogP contribution >= 0.6 is 0 Å². The van der Waals surface area contributed by atoms with E-state index >= 15 is 0 Å². The predicted octanol–water partition coefficient (Wildman–Crippen LogP) is 11.2. The lowest BCUT2D eigenvalue weighted by Crippen LogP contribution is -2.66. The molecule has 4 heteroatoms. The first kappa shape index (κ1) is 31.7. The zero-order chi connectivity index (χ0) is 32.4. The Morgan fingerprint density at radius 3 is 2.09 bits per heavy atom. The van der Waals surface area contributed by atoms with E-state index in [1.165, 1.54) is 69.1 Å². The average molecular weight is 619 g/mol. The maximum absolute atomic E-state index is 5.08. The van der Waals surface area contributed by atoms with Crippen LogP contribution in [0, 0.1) is 56.7 Å². The number of nitrogens with one attached hydrogen (secondary N) is 2. The van der Waals surface area contributed by atoms with Gasteiger partial charge in [0, 0.05) is 22.8 Å². The van der Waals surface area contributed by atoms with Crippen LogP contribution in [0.25, 0.3) is 0 Å². The van der Waals surface area contributed by atoms with Crippen LogP contribution in [0.4, 0.5) is 11.4 Å². The minimum Gasteiger partial charge on any atom is -0.279 e. The van der Waals surface area contributed by atoms with Gasteiger partial charge in [0.05, 0.1) is 11.4 Å². The molecule has 0 bridgehead atoms. The number of anilines is 2. The summed E-state index contributed by atoms with van der Waals surface area (Å²) in [6.07, 6.45) is 15.2. The molecule has 2 aromatic rings. The molecule has 246 valence electrons. The molecule has 3 unspecified atom stereocenters. The molecule has 0 spiro atoms. The van der Waals surface area contributed by atoms with Gasteiger partial charge in [-0.1, -0.05) is 83.2 Å². The number of hydrogen-bond acceptors (Lipinski definition) is 4. The Morgan fingerprint density at radius 1 is 0.739 bits per heavy atom. The normalized spacial score (nSPS) is 42.0. The van der Waals surface area contributed by atoms with Crippen LogP contribution in [0.3, 0.4) is 0 Å². The second-order valence-electron chi connectivity index (χ2n) is 17.4. The maximum atomic E-state index is 5.08. The Balaban J connectivity index is 1.17. The fraction of sp³-hybridized carbons (Fsp3) is 0.619. The van der Waals surface area contributed by atoms with Crippen LogP contribution in [-0.2, 0) is 0 Å². The molecule has 46 heavy (non-hydrogen) atoms. The van der Waals surface area contributed by atoms with E-state index in [9.17, 15) is 0 Å². The lowest BCUT2D eigenvalue weighted by atomic mass is 9.32. The van der Waals surface area contributed by atoms with E-state index in [1.54, 1.807) is 0 Å². The summed E-state index contributed by atoms with van der Waals surface area (Å²) >= 11 is 0. The highest BCUT2D eigenvalue weighted by molar-refractivity contribution is 5.91. The van der Waals surface area contributed by atoms with Crippen molar-refractivity contribution in [2.45, 2.75) is 106 Å². The first-order valence-corrected chi connectivity index (χ1v) is 18.3. The fourth-order valence-electron chi connectivity index (χ4n) is 12.8. The zero-order valence-electron chi connectivity index (χ0n) is 29.4. The van der Waals surface area contributed by atoms with E-state index in [-0.39, 0.29) is 10.8 Å². The molecule has 2 aromatic carbocycles. The molecular formula is C42H58N4. The van der Waals surface area contributed by atoms with Crippen molar-refractivity contribution < 1.29 is 0 Å². The van der Waals surface area contributed by atoms with E-state index in [4.69, 9.17) is 10.2 Å². The lowest BCUT2D eigenvalue weighted by Gasteiger charge is -2.72. The van der Waals surface area contributed by atoms with Crippen molar-refractivity contribution in [1.82, 2.24) is 0 Å². The van der Waals surface area contributed by atoms with Crippen molar-refractivity contribution in [3.8, 4) is 0 Å². The van der Waals surface area contributed by atoms with Crippen LogP contribution in [0.1, 0.15) is 106 Å². The molecule has 9 atom stereocenters. The van der Waals surface area contributed by atoms with E-state index in [2.05, 4.69) is 126 Å². The SMILES string of the molecule is C=C(C)C1CCC2(C=NNc3ccccc3)CC[C@]3(C)[C@H](CC[C@@H]4[C@@]5(C)CC/C(=N\Nc6ccccc6)C(C)(C)[C@@H]5CC[C@]43C)C12. The average Bonchev–Trinajstić information content (AvgIpc) is 3.42. The van der Waals surface area contributed by atoms with Gasteiger partial charge in [0.15, 0.2) is 0 Å². The summed E-state index contributed by atoms with van der Waals surface area (Å²) in [5.74, 6) is 3.38. The summed E-state index contributed by atoms with van der Waals surface area (Å²) in [4.78, 5) is 0. The van der Waals surface area contributed by atoms with Gasteiger partial charge >= 0.3 is 0 Å². The number of benzene rings is 2. The first-order chi connectivity index (χ1) is 21.9. The molecule has 0 amide bonds. The van der Waals surface area contributed by atoms with Gasteiger partial charge in [-0.3, -0.25) is 10.9 Å². The molecule has 0 aromatic heterocycles. The molecule has 5 fully saturated rings. The molecular weight excluding hydrogens is 560 g/mol. The monoisotopic (exact) mass is 618 g/mol. The van der Waals surface area contributed by atoms with E-state index in [1.807, 2.05) is 0 Å². The number of hydrazone groups is 2. The van der Waals surface area contributed by atoms with Gasteiger partial charge in [0.2, 0.25) is 0 Å².